The quantitative estimate of drug-likeness (QED) is 0.691. The van der Waals surface area contributed by atoms with E-state index in [1.54, 1.807) is 17.0 Å². The zero-order chi connectivity index (χ0) is 19.2. The predicted octanol–water partition coefficient (Wildman–Crippen LogP) is 4.67. The Balaban J connectivity index is 1.80. The summed E-state index contributed by atoms with van der Waals surface area (Å²) < 4.78 is 35.1. The van der Waals surface area contributed by atoms with E-state index in [1.807, 2.05) is 30.3 Å². The number of alkyl halides is 2. The van der Waals surface area contributed by atoms with Crippen LogP contribution >= 0.6 is 0 Å². The van der Waals surface area contributed by atoms with Gasteiger partial charge in [0.2, 0.25) is 5.91 Å². The van der Waals surface area contributed by atoms with Crippen molar-refractivity contribution in [2.24, 2.45) is 0 Å². The van der Waals surface area contributed by atoms with Gasteiger partial charge in [-0.25, -0.2) is 0 Å². The molecule has 1 aliphatic rings. The summed E-state index contributed by atoms with van der Waals surface area (Å²) in [5.41, 5.74) is 1.46. The molecule has 0 spiro atoms. The second kappa shape index (κ2) is 8.66. The van der Waals surface area contributed by atoms with Crippen LogP contribution in [0, 0.1) is 0 Å². The molecular weight excluding hydrogens is 352 g/mol. The lowest BCUT2D eigenvalue weighted by Gasteiger charge is -2.23. The lowest BCUT2D eigenvalue weighted by atomic mass is 10.0. The molecule has 0 saturated carbocycles. The van der Waals surface area contributed by atoms with Crippen molar-refractivity contribution in [3.8, 4) is 11.5 Å². The van der Waals surface area contributed by atoms with Crippen LogP contribution in [0.4, 0.5) is 8.78 Å². The van der Waals surface area contributed by atoms with Crippen molar-refractivity contribution in [2.45, 2.75) is 25.5 Å². The van der Waals surface area contributed by atoms with Gasteiger partial charge in [0.25, 0.3) is 0 Å². The Morgan fingerprint density at radius 2 is 1.96 bits per heavy atom. The highest BCUT2D eigenvalue weighted by molar-refractivity contribution is 5.92. The van der Waals surface area contributed by atoms with Crippen LogP contribution < -0.4 is 9.47 Å². The van der Waals surface area contributed by atoms with Gasteiger partial charge in [-0.2, -0.15) is 8.78 Å². The SMILES string of the molecule is COc1cccc(/C=C/C(=O)N2CCCC2c2ccccc2)c1OC(F)F. The molecule has 0 aromatic heterocycles. The Morgan fingerprint density at radius 1 is 1.19 bits per heavy atom. The van der Waals surface area contributed by atoms with E-state index in [2.05, 4.69) is 4.74 Å². The van der Waals surface area contributed by atoms with Crippen LogP contribution in [-0.2, 0) is 4.79 Å². The Hall–Kier alpha value is -2.89. The van der Waals surface area contributed by atoms with Crippen LogP contribution in [0.2, 0.25) is 0 Å². The van der Waals surface area contributed by atoms with Gasteiger partial charge in [0.1, 0.15) is 0 Å². The topological polar surface area (TPSA) is 38.8 Å². The number of benzene rings is 2. The Kier molecular flexibility index (Phi) is 6.06. The number of halogens is 2. The molecular formula is C21H21F2NO3. The van der Waals surface area contributed by atoms with Gasteiger partial charge < -0.3 is 14.4 Å². The summed E-state index contributed by atoms with van der Waals surface area (Å²) in [6, 6.07) is 14.7. The molecule has 1 amide bonds. The minimum Gasteiger partial charge on any atom is -0.493 e. The maximum Gasteiger partial charge on any atom is 0.387 e. The molecule has 27 heavy (non-hydrogen) atoms. The third kappa shape index (κ3) is 4.45. The minimum atomic E-state index is -2.98. The van der Waals surface area contributed by atoms with Gasteiger partial charge in [0.05, 0.1) is 13.2 Å². The molecule has 4 nitrogen and oxygen atoms in total. The average molecular weight is 373 g/mol. The summed E-state index contributed by atoms with van der Waals surface area (Å²) in [7, 11) is 1.38. The van der Waals surface area contributed by atoms with Gasteiger partial charge in [-0.1, -0.05) is 42.5 Å². The lowest BCUT2D eigenvalue weighted by molar-refractivity contribution is -0.126. The number of carbonyl (C=O) groups excluding carboxylic acids is 1. The Bertz CT molecular complexity index is 808. The molecule has 0 radical (unpaired) electrons. The van der Waals surface area contributed by atoms with Crippen molar-refractivity contribution < 1.29 is 23.0 Å². The van der Waals surface area contributed by atoms with Gasteiger partial charge in [-0.3, -0.25) is 4.79 Å². The molecule has 1 heterocycles. The molecule has 1 fully saturated rings. The number of rotatable bonds is 6. The van der Waals surface area contributed by atoms with Crippen molar-refractivity contribution in [3.63, 3.8) is 0 Å². The smallest absolute Gasteiger partial charge is 0.387 e. The van der Waals surface area contributed by atoms with Crippen LogP contribution in [0.3, 0.4) is 0 Å². The van der Waals surface area contributed by atoms with Gasteiger partial charge in [-0.05, 0) is 30.5 Å². The summed E-state index contributed by atoms with van der Waals surface area (Å²) in [6.45, 7) is -2.31. The predicted molar refractivity (Wildman–Crippen MR) is 98.8 cm³/mol. The second-order valence-electron chi connectivity index (χ2n) is 6.19. The fourth-order valence-corrected chi connectivity index (χ4v) is 3.35. The zero-order valence-corrected chi connectivity index (χ0v) is 15.0. The van der Waals surface area contributed by atoms with Crippen LogP contribution in [0.1, 0.15) is 30.0 Å². The monoisotopic (exact) mass is 373 g/mol. The summed E-state index contributed by atoms with van der Waals surface area (Å²) in [6.07, 6.45) is 4.72. The van der Waals surface area contributed by atoms with Crippen molar-refractivity contribution in [3.05, 3.63) is 65.7 Å². The van der Waals surface area contributed by atoms with Crippen LogP contribution in [0.5, 0.6) is 11.5 Å². The number of methoxy groups -OCH3 is 1. The Morgan fingerprint density at radius 3 is 2.67 bits per heavy atom. The molecule has 2 aromatic carbocycles. The average Bonchev–Trinajstić information content (AvgIpc) is 3.17. The second-order valence-corrected chi connectivity index (χ2v) is 6.19. The normalized spacial score (nSPS) is 16.9. The summed E-state index contributed by atoms with van der Waals surface area (Å²) in [5.74, 6) is -0.0551. The summed E-state index contributed by atoms with van der Waals surface area (Å²) in [5, 5.41) is 0. The van der Waals surface area contributed by atoms with E-state index in [1.165, 1.54) is 25.3 Å². The molecule has 6 heteroatoms. The van der Waals surface area contributed by atoms with Gasteiger partial charge in [0.15, 0.2) is 11.5 Å². The fourth-order valence-electron chi connectivity index (χ4n) is 3.35. The first-order valence-corrected chi connectivity index (χ1v) is 8.75. The number of likely N-dealkylation sites (tertiary alicyclic amines) is 1. The van der Waals surface area contributed by atoms with Crippen LogP contribution in [-0.4, -0.2) is 31.1 Å². The van der Waals surface area contributed by atoms with Crippen molar-refractivity contribution in [1.82, 2.24) is 4.90 Å². The third-order valence-electron chi connectivity index (χ3n) is 4.56. The van der Waals surface area contributed by atoms with E-state index >= 15 is 0 Å². The molecule has 1 unspecified atom stereocenters. The maximum atomic E-state index is 12.7. The van der Waals surface area contributed by atoms with Gasteiger partial charge in [-0.15, -0.1) is 0 Å². The van der Waals surface area contributed by atoms with E-state index in [0.29, 0.717) is 12.1 Å². The zero-order valence-electron chi connectivity index (χ0n) is 15.0. The molecule has 1 atom stereocenters. The van der Waals surface area contributed by atoms with E-state index in [-0.39, 0.29) is 23.4 Å². The van der Waals surface area contributed by atoms with E-state index in [4.69, 9.17) is 4.74 Å². The van der Waals surface area contributed by atoms with Crippen molar-refractivity contribution in [1.29, 1.82) is 0 Å². The number of para-hydroxylation sites is 1. The van der Waals surface area contributed by atoms with E-state index in [0.717, 1.165) is 18.4 Å². The van der Waals surface area contributed by atoms with E-state index in [9.17, 15) is 13.6 Å². The molecule has 3 rings (SSSR count). The van der Waals surface area contributed by atoms with Crippen molar-refractivity contribution >= 4 is 12.0 Å². The first-order chi connectivity index (χ1) is 13.1. The maximum absolute atomic E-state index is 12.7. The van der Waals surface area contributed by atoms with Crippen LogP contribution in [0.15, 0.2) is 54.6 Å². The van der Waals surface area contributed by atoms with Gasteiger partial charge >= 0.3 is 6.61 Å². The number of hydrogen-bond donors (Lipinski definition) is 0. The fraction of sp³-hybridized carbons (Fsp3) is 0.286. The highest BCUT2D eigenvalue weighted by Gasteiger charge is 2.28. The molecule has 0 aliphatic carbocycles. The number of carbonyl (C=O) groups is 1. The largest absolute Gasteiger partial charge is 0.493 e. The first-order valence-electron chi connectivity index (χ1n) is 8.75. The number of hydrogen-bond acceptors (Lipinski definition) is 3. The molecule has 0 bridgehead atoms. The minimum absolute atomic E-state index is 0.0328. The molecule has 0 N–H and O–H groups in total. The van der Waals surface area contributed by atoms with E-state index < -0.39 is 6.61 Å². The molecule has 1 saturated heterocycles. The summed E-state index contributed by atoms with van der Waals surface area (Å²) in [4.78, 5) is 14.5. The van der Waals surface area contributed by atoms with Crippen LogP contribution in [0.25, 0.3) is 6.08 Å². The summed E-state index contributed by atoms with van der Waals surface area (Å²) >= 11 is 0. The number of nitrogens with zero attached hydrogens (tertiary/aromatic N) is 1. The third-order valence-corrected chi connectivity index (χ3v) is 4.56. The van der Waals surface area contributed by atoms with Crippen molar-refractivity contribution in [2.75, 3.05) is 13.7 Å². The lowest BCUT2D eigenvalue weighted by Crippen LogP contribution is -2.28. The van der Waals surface area contributed by atoms with Gasteiger partial charge in [0, 0.05) is 18.2 Å². The number of ether oxygens (including phenoxy) is 2. The highest BCUT2D eigenvalue weighted by atomic mass is 19.3. The standard InChI is InChI=1S/C21H21F2NO3/c1-26-18-11-5-9-16(20(18)27-21(22)23)12-13-19(25)24-14-6-10-17(24)15-7-3-2-4-8-15/h2-5,7-9,11-13,17,21H,6,10,14H2,1H3/b13-12+. The Labute approximate surface area is 157 Å². The molecule has 1 aliphatic heterocycles. The first kappa shape index (κ1) is 18.9. The molecule has 2 aromatic rings. The molecule has 142 valence electrons. The highest BCUT2D eigenvalue weighted by Crippen LogP contribution is 2.34. The number of amides is 1.